The molecule has 1 amide bonds. The van der Waals surface area contributed by atoms with Crippen LogP contribution in [0.4, 0.5) is 11.4 Å². The average molecular weight is 465 g/mol. The second-order valence-corrected chi connectivity index (χ2v) is 9.63. The molecule has 0 saturated heterocycles. The first-order valence-corrected chi connectivity index (χ1v) is 11.8. The van der Waals surface area contributed by atoms with Crippen molar-refractivity contribution in [1.82, 2.24) is 0 Å². The zero-order chi connectivity index (χ0) is 22.7. The third-order valence-electron chi connectivity index (χ3n) is 5.12. The first kappa shape index (κ1) is 21.9. The Balaban J connectivity index is 1.72. The van der Waals surface area contributed by atoms with Crippen molar-refractivity contribution in [2.75, 3.05) is 16.2 Å². The highest BCUT2D eigenvalue weighted by Gasteiger charge is 2.28. The lowest BCUT2D eigenvalue weighted by Crippen LogP contribution is -2.38. The maximum atomic E-state index is 13.5. The molecule has 0 fully saturated rings. The fourth-order valence-electron chi connectivity index (χ4n) is 3.53. The summed E-state index contributed by atoms with van der Waals surface area (Å²) in [5, 5.41) is 5.10. The van der Waals surface area contributed by atoms with Crippen LogP contribution in [-0.4, -0.2) is 20.9 Å². The number of amides is 1. The van der Waals surface area contributed by atoms with Crippen LogP contribution in [0, 0.1) is 6.92 Å². The topological polar surface area (TPSA) is 66.5 Å². The fourth-order valence-corrected chi connectivity index (χ4v) is 5.19. The lowest BCUT2D eigenvalue weighted by molar-refractivity contribution is -0.114. The second kappa shape index (κ2) is 9.02. The smallest absolute Gasteiger partial charge is 0.264 e. The van der Waals surface area contributed by atoms with E-state index in [-0.39, 0.29) is 4.90 Å². The molecule has 0 spiro atoms. The molecule has 4 aromatic carbocycles. The van der Waals surface area contributed by atoms with Gasteiger partial charge in [0.1, 0.15) is 6.54 Å². The van der Waals surface area contributed by atoms with E-state index in [0.29, 0.717) is 22.0 Å². The lowest BCUT2D eigenvalue weighted by Gasteiger charge is -2.26. The number of nitrogens with one attached hydrogen (secondary N) is 1. The molecule has 0 unspecified atom stereocenters. The van der Waals surface area contributed by atoms with Crippen LogP contribution in [-0.2, 0) is 14.8 Å². The van der Waals surface area contributed by atoms with Gasteiger partial charge in [-0.05, 0) is 48.2 Å². The molecular weight excluding hydrogens is 444 g/mol. The monoisotopic (exact) mass is 464 g/mol. The van der Waals surface area contributed by atoms with Crippen molar-refractivity contribution >= 4 is 49.7 Å². The van der Waals surface area contributed by atoms with E-state index in [4.69, 9.17) is 11.6 Å². The summed E-state index contributed by atoms with van der Waals surface area (Å²) in [6.45, 7) is 1.38. The molecule has 0 atom stereocenters. The van der Waals surface area contributed by atoms with Gasteiger partial charge in [-0.3, -0.25) is 9.10 Å². The number of carbonyl (C=O) groups excluding carboxylic acids is 1. The van der Waals surface area contributed by atoms with E-state index in [1.165, 1.54) is 12.1 Å². The third kappa shape index (κ3) is 4.47. The number of hydrogen-bond acceptors (Lipinski definition) is 3. The van der Waals surface area contributed by atoms with Crippen LogP contribution in [0.15, 0.2) is 95.9 Å². The minimum atomic E-state index is -4.01. The Bertz CT molecular complexity index is 1380. The number of fused-ring (bicyclic) bond motifs is 1. The van der Waals surface area contributed by atoms with Gasteiger partial charge in [0.25, 0.3) is 10.0 Å². The highest BCUT2D eigenvalue weighted by molar-refractivity contribution is 7.92. The Kier molecular flexibility index (Phi) is 6.17. The third-order valence-corrected chi connectivity index (χ3v) is 7.13. The number of anilines is 2. The second-order valence-electron chi connectivity index (χ2n) is 7.33. The van der Waals surface area contributed by atoms with Crippen LogP contribution in [0.3, 0.4) is 0 Å². The normalized spacial score (nSPS) is 11.3. The van der Waals surface area contributed by atoms with E-state index in [0.717, 1.165) is 15.1 Å². The molecule has 4 aromatic rings. The molecule has 0 bridgehead atoms. The summed E-state index contributed by atoms with van der Waals surface area (Å²) in [4.78, 5) is 13.2. The highest BCUT2D eigenvalue weighted by Crippen LogP contribution is 2.30. The highest BCUT2D eigenvalue weighted by atomic mass is 35.5. The van der Waals surface area contributed by atoms with E-state index in [1.54, 1.807) is 49.4 Å². The Morgan fingerprint density at radius 3 is 2.38 bits per heavy atom. The molecule has 0 aliphatic rings. The molecular formula is C25H21ClN2O3S. The molecule has 0 saturated carbocycles. The van der Waals surface area contributed by atoms with Gasteiger partial charge < -0.3 is 5.32 Å². The number of sulfonamides is 1. The summed E-state index contributed by atoms with van der Waals surface area (Å²) >= 11 is 6.17. The van der Waals surface area contributed by atoms with Crippen molar-refractivity contribution < 1.29 is 13.2 Å². The molecule has 0 heterocycles. The molecule has 1 N–H and O–H groups in total. The number of hydrogen-bond donors (Lipinski definition) is 1. The standard InChI is InChI=1S/C25H21ClN2O3S/c1-18-14-15-20(26)16-24(18)28(32(30,31)21-10-3-2-4-11-21)17-25(29)27-23-13-7-9-19-8-5-6-12-22(19)23/h2-16H,17H2,1H3,(H,27,29). The predicted molar refractivity (Wildman–Crippen MR) is 130 cm³/mol. The van der Waals surface area contributed by atoms with Crippen LogP contribution >= 0.6 is 11.6 Å². The van der Waals surface area contributed by atoms with Gasteiger partial charge >= 0.3 is 0 Å². The van der Waals surface area contributed by atoms with Gasteiger partial charge in [-0.2, -0.15) is 0 Å². The first-order valence-electron chi connectivity index (χ1n) is 9.98. The summed E-state index contributed by atoms with van der Waals surface area (Å²) in [5.74, 6) is -0.458. The Hall–Kier alpha value is -3.35. The van der Waals surface area contributed by atoms with E-state index in [1.807, 2.05) is 36.4 Å². The van der Waals surface area contributed by atoms with E-state index in [2.05, 4.69) is 5.32 Å². The fraction of sp³-hybridized carbons (Fsp3) is 0.0800. The molecule has 32 heavy (non-hydrogen) atoms. The van der Waals surface area contributed by atoms with Gasteiger partial charge in [0.2, 0.25) is 5.91 Å². The summed E-state index contributed by atoms with van der Waals surface area (Å²) in [6, 6.07) is 26.3. The largest absolute Gasteiger partial charge is 0.324 e. The van der Waals surface area contributed by atoms with Crippen molar-refractivity contribution in [2.24, 2.45) is 0 Å². The van der Waals surface area contributed by atoms with E-state index < -0.39 is 22.5 Å². The summed E-state index contributed by atoms with van der Waals surface area (Å²) in [6.07, 6.45) is 0. The van der Waals surface area contributed by atoms with Gasteiger partial charge in [0.05, 0.1) is 10.6 Å². The number of nitrogens with zero attached hydrogens (tertiary/aromatic N) is 1. The van der Waals surface area contributed by atoms with E-state index in [9.17, 15) is 13.2 Å². The summed E-state index contributed by atoms with van der Waals surface area (Å²) in [5.41, 5.74) is 1.66. The number of rotatable bonds is 6. The quantitative estimate of drug-likeness (QED) is 0.401. The Labute approximate surface area is 192 Å². The molecule has 162 valence electrons. The van der Waals surface area contributed by atoms with Crippen molar-refractivity contribution in [3.8, 4) is 0 Å². The van der Waals surface area contributed by atoms with Crippen molar-refractivity contribution in [3.05, 3.63) is 102 Å². The Morgan fingerprint density at radius 2 is 1.59 bits per heavy atom. The van der Waals surface area contributed by atoms with Gasteiger partial charge in [0, 0.05) is 16.1 Å². The van der Waals surface area contributed by atoms with Crippen molar-refractivity contribution in [2.45, 2.75) is 11.8 Å². The number of halogens is 1. The SMILES string of the molecule is Cc1ccc(Cl)cc1N(CC(=O)Nc1cccc2ccccc12)S(=O)(=O)c1ccccc1. The van der Waals surface area contributed by atoms with Crippen LogP contribution in [0.5, 0.6) is 0 Å². The molecule has 5 nitrogen and oxygen atoms in total. The minimum absolute atomic E-state index is 0.0948. The van der Waals surface area contributed by atoms with Gasteiger partial charge in [-0.25, -0.2) is 8.42 Å². The maximum Gasteiger partial charge on any atom is 0.264 e. The maximum absolute atomic E-state index is 13.5. The zero-order valence-electron chi connectivity index (χ0n) is 17.3. The molecule has 4 rings (SSSR count). The van der Waals surface area contributed by atoms with Crippen LogP contribution in [0.1, 0.15) is 5.56 Å². The number of benzene rings is 4. The van der Waals surface area contributed by atoms with Crippen LogP contribution in [0.25, 0.3) is 10.8 Å². The summed E-state index contributed by atoms with van der Waals surface area (Å²) in [7, 11) is -4.01. The molecule has 0 radical (unpaired) electrons. The summed E-state index contributed by atoms with van der Waals surface area (Å²) < 4.78 is 28.1. The average Bonchev–Trinajstić information content (AvgIpc) is 2.80. The lowest BCUT2D eigenvalue weighted by atomic mass is 10.1. The van der Waals surface area contributed by atoms with Crippen molar-refractivity contribution in [3.63, 3.8) is 0 Å². The van der Waals surface area contributed by atoms with Crippen LogP contribution < -0.4 is 9.62 Å². The van der Waals surface area contributed by atoms with Gasteiger partial charge in [-0.1, -0.05) is 72.3 Å². The van der Waals surface area contributed by atoms with Crippen LogP contribution in [0.2, 0.25) is 5.02 Å². The van der Waals surface area contributed by atoms with E-state index >= 15 is 0 Å². The molecule has 0 aliphatic carbocycles. The Morgan fingerprint density at radius 1 is 0.906 bits per heavy atom. The molecule has 0 aromatic heterocycles. The van der Waals surface area contributed by atoms with Gasteiger partial charge in [0.15, 0.2) is 0 Å². The van der Waals surface area contributed by atoms with Crippen molar-refractivity contribution in [1.29, 1.82) is 0 Å². The molecule has 0 aliphatic heterocycles. The predicted octanol–water partition coefficient (Wildman–Crippen LogP) is 5.64. The molecule has 7 heteroatoms. The number of carbonyl (C=O) groups is 1. The first-order chi connectivity index (χ1) is 15.4. The van der Waals surface area contributed by atoms with Gasteiger partial charge in [-0.15, -0.1) is 0 Å². The number of aryl methyl sites for hydroxylation is 1. The zero-order valence-corrected chi connectivity index (χ0v) is 18.9. The minimum Gasteiger partial charge on any atom is -0.324 e.